The molecular weight excluding hydrogens is 436 g/mol. The fourth-order valence-corrected chi connectivity index (χ4v) is 4.71. The molecule has 1 amide bonds. The van der Waals surface area contributed by atoms with Crippen LogP contribution in [0, 0.1) is 5.92 Å². The maximum atomic E-state index is 12.2. The second kappa shape index (κ2) is 10.5. The first-order chi connectivity index (χ1) is 15.3. The van der Waals surface area contributed by atoms with Crippen molar-refractivity contribution in [2.75, 3.05) is 31.6 Å². The Balaban J connectivity index is 1.82. The lowest BCUT2D eigenvalue weighted by Crippen LogP contribution is -2.51. The number of aliphatic carboxylic acids is 1. The number of amides is 1. The van der Waals surface area contributed by atoms with Crippen molar-refractivity contribution in [1.82, 2.24) is 4.90 Å². The fourth-order valence-electron chi connectivity index (χ4n) is 3.95. The van der Waals surface area contributed by atoms with Gasteiger partial charge in [-0.1, -0.05) is 24.3 Å². The standard InChI is InChI=1S/C22H26N2O7S/c1-30-19-9-5-16(6-10-19)15-3-7-18(8-4-15)24(32(28)29)20(21(25)26)17-11-13-23(14-12-17)22(27)31-2/h3-10,17,20H,11-14H2,1-2H3,(H,25,26)(H,28,29). The number of rotatable bonds is 7. The van der Waals surface area contributed by atoms with Crippen LogP contribution >= 0.6 is 0 Å². The Bertz CT molecular complexity index is 957. The summed E-state index contributed by atoms with van der Waals surface area (Å²) in [6, 6.07) is 13.0. The Labute approximate surface area is 189 Å². The van der Waals surface area contributed by atoms with Crippen molar-refractivity contribution in [2.24, 2.45) is 5.92 Å². The van der Waals surface area contributed by atoms with E-state index in [-0.39, 0.29) is 0 Å². The first kappa shape index (κ1) is 23.6. The molecule has 1 aliphatic heterocycles. The molecule has 0 bridgehead atoms. The third-order valence-corrected chi connectivity index (χ3v) is 6.41. The molecule has 0 saturated carbocycles. The minimum absolute atomic E-state index is 0.323. The summed E-state index contributed by atoms with van der Waals surface area (Å²) < 4.78 is 33.1. The number of carboxylic acids is 1. The first-order valence-corrected chi connectivity index (χ1v) is 11.1. The molecule has 2 aromatic rings. The Morgan fingerprint density at radius 3 is 2.00 bits per heavy atom. The van der Waals surface area contributed by atoms with E-state index >= 15 is 0 Å². The predicted octanol–water partition coefficient (Wildman–Crippen LogP) is 3.24. The molecule has 2 N–H and O–H groups in total. The SMILES string of the molecule is COC(=O)N1CCC(C(C(=O)O)N(c2ccc(-c3ccc(OC)cc3)cc2)S(=O)O)CC1. The lowest BCUT2D eigenvalue weighted by Gasteiger charge is -2.37. The fraction of sp³-hybridized carbons (Fsp3) is 0.364. The van der Waals surface area contributed by atoms with Crippen molar-refractivity contribution < 1.29 is 32.9 Å². The third kappa shape index (κ3) is 5.20. The van der Waals surface area contributed by atoms with E-state index in [2.05, 4.69) is 0 Å². The van der Waals surface area contributed by atoms with Crippen LogP contribution in [0.2, 0.25) is 0 Å². The molecule has 32 heavy (non-hydrogen) atoms. The molecule has 2 atom stereocenters. The van der Waals surface area contributed by atoms with Crippen LogP contribution < -0.4 is 9.04 Å². The molecule has 9 nitrogen and oxygen atoms in total. The van der Waals surface area contributed by atoms with Gasteiger partial charge in [0.15, 0.2) is 0 Å². The molecule has 1 saturated heterocycles. The van der Waals surface area contributed by atoms with Gasteiger partial charge in [0.1, 0.15) is 11.8 Å². The van der Waals surface area contributed by atoms with E-state index < -0.39 is 35.3 Å². The lowest BCUT2D eigenvalue weighted by atomic mass is 9.89. The van der Waals surface area contributed by atoms with Gasteiger partial charge in [0.05, 0.1) is 19.9 Å². The summed E-state index contributed by atoms with van der Waals surface area (Å²) in [5.41, 5.74) is 2.13. The van der Waals surface area contributed by atoms with Crippen molar-refractivity contribution in [3.63, 3.8) is 0 Å². The van der Waals surface area contributed by atoms with Crippen LogP contribution in [0.3, 0.4) is 0 Å². The Hall–Kier alpha value is -3.11. The van der Waals surface area contributed by atoms with Crippen molar-refractivity contribution in [1.29, 1.82) is 0 Å². The zero-order valence-electron chi connectivity index (χ0n) is 17.8. The van der Waals surface area contributed by atoms with Crippen LogP contribution in [-0.4, -0.2) is 64.2 Å². The monoisotopic (exact) mass is 462 g/mol. The molecule has 2 aromatic carbocycles. The topological polar surface area (TPSA) is 117 Å². The van der Waals surface area contributed by atoms with E-state index in [0.29, 0.717) is 31.6 Å². The summed E-state index contributed by atoms with van der Waals surface area (Å²) in [7, 11) is 2.88. The summed E-state index contributed by atoms with van der Waals surface area (Å²) in [6.07, 6.45) is 0.292. The van der Waals surface area contributed by atoms with Crippen LogP contribution in [-0.2, 0) is 20.8 Å². The molecular formula is C22H26N2O7S. The number of benzene rings is 2. The maximum absolute atomic E-state index is 12.2. The van der Waals surface area contributed by atoms with E-state index in [4.69, 9.17) is 9.47 Å². The van der Waals surface area contributed by atoms with Gasteiger partial charge in [-0.25, -0.2) is 13.8 Å². The molecule has 10 heteroatoms. The number of carboxylic acid groups (broad SMARTS) is 1. The number of hydrogen-bond acceptors (Lipinski definition) is 5. The third-order valence-electron chi connectivity index (χ3n) is 5.64. The molecule has 1 heterocycles. The molecule has 0 spiro atoms. The summed E-state index contributed by atoms with van der Waals surface area (Å²) in [4.78, 5) is 25.3. The molecule has 0 radical (unpaired) electrons. The largest absolute Gasteiger partial charge is 0.497 e. The number of carbonyl (C=O) groups excluding carboxylic acids is 1. The minimum atomic E-state index is -2.55. The second-order valence-electron chi connectivity index (χ2n) is 7.41. The number of nitrogens with zero attached hydrogens (tertiary/aromatic N) is 2. The molecule has 1 fully saturated rings. The zero-order valence-corrected chi connectivity index (χ0v) is 18.7. The van der Waals surface area contributed by atoms with Gasteiger partial charge in [0, 0.05) is 13.1 Å². The number of likely N-dealkylation sites (tertiary alicyclic amines) is 1. The Morgan fingerprint density at radius 1 is 1.03 bits per heavy atom. The van der Waals surface area contributed by atoms with Crippen LogP contribution in [0.4, 0.5) is 10.5 Å². The van der Waals surface area contributed by atoms with Gasteiger partial charge in [-0.15, -0.1) is 0 Å². The predicted molar refractivity (Wildman–Crippen MR) is 120 cm³/mol. The maximum Gasteiger partial charge on any atom is 0.409 e. The summed E-state index contributed by atoms with van der Waals surface area (Å²) in [6.45, 7) is 0.646. The van der Waals surface area contributed by atoms with E-state index in [1.807, 2.05) is 24.3 Å². The molecule has 1 aliphatic rings. The molecule has 0 aromatic heterocycles. The first-order valence-electron chi connectivity index (χ1n) is 10.1. The lowest BCUT2D eigenvalue weighted by molar-refractivity contribution is -0.140. The smallest absolute Gasteiger partial charge is 0.409 e. The van der Waals surface area contributed by atoms with Gasteiger partial charge >= 0.3 is 12.1 Å². The Morgan fingerprint density at radius 2 is 1.56 bits per heavy atom. The zero-order chi connectivity index (χ0) is 23.3. The van der Waals surface area contributed by atoms with Gasteiger partial charge in [-0.3, -0.25) is 8.86 Å². The normalized spacial score (nSPS) is 16.2. The highest BCUT2D eigenvalue weighted by Crippen LogP contribution is 2.31. The van der Waals surface area contributed by atoms with Crippen LogP contribution in [0.15, 0.2) is 48.5 Å². The Kier molecular flexibility index (Phi) is 7.70. The van der Waals surface area contributed by atoms with Crippen molar-refractivity contribution in [3.8, 4) is 16.9 Å². The van der Waals surface area contributed by atoms with Gasteiger partial charge in [0.25, 0.3) is 11.3 Å². The highest BCUT2D eigenvalue weighted by molar-refractivity contribution is 7.80. The number of methoxy groups -OCH3 is 2. The number of piperidine rings is 1. The van der Waals surface area contributed by atoms with E-state index in [1.165, 1.54) is 12.0 Å². The molecule has 0 aliphatic carbocycles. The average Bonchev–Trinajstić information content (AvgIpc) is 2.82. The van der Waals surface area contributed by atoms with E-state index in [9.17, 15) is 23.5 Å². The van der Waals surface area contributed by atoms with Gasteiger partial charge in [0.2, 0.25) is 0 Å². The number of ether oxygens (including phenoxy) is 2. The van der Waals surface area contributed by atoms with Gasteiger partial charge < -0.3 is 19.5 Å². The summed E-state index contributed by atoms with van der Waals surface area (Å²) >= 11 is -2.55. The van der Waals surface area contributed by atoms with Gasteiger partial charge in [-0.05, 0) is 54.2 Å². The summed E-state index contributed by atoms with van der Waals surface area (Å²) in [5, 5.41) is 9.91. The molecule has 172 valence electrons. The quantitative estimate of drug-likeness (QED) is 0.607. The van der Waals surface area contributed by atoms with Crippen LogP contribution in [0.25, 0.3) is 11.1 Å². The highest BCUT2D eigenvalue weighted by atomic mass is 32.2. The van der Waals surface area contributed by atoms with Crippen molar-refractivity contribution in [3.05, 3.63) is 48.5 Å². The van der Waals surface area contributed by atoms with Gasteiger partial charge in [-0.2, -0.15) is 0 Å². The number of anilines is 1. The summed E-state index contributed by atoms with van der Waals surface area (Å²) in [5.74, 6) is -0.872. The molecule has 2 unspecified atom stereocenters. The van der Waals surface area contributed by atoms with Crippen LogP contribution in [0.5, 0.6) is 5.75 Å². The highest BCUT2D eigenvalue weighted by Gasteiger charge is 2.39. The van der Waals surface area contributed by atoms with E-state index in [1.54, 1.807) is 31.4 Å². The molecule has 3 rings (SSSR count). The van der Waals surface area contributed by atoms with Crippen LogP contribution in [0.1, 0.15) is 12.8 Å². The second-order valence-corrected chi connectivity index (χ2v) is 8.26. The average molecular weight is 463 g/mol. The minimum Gasteiger partial charge on any atom is -0.497 e. The van der Waals surface area contributed by atoms with Crippen molar-refractivity contribution >= 4 is 29.0 Å². The number of carbonyl (C=O) groups is 2. The number of hydrogen-bond donors (Lipinski definition) is 2. The van der Waals surface area contributed by atoms with Crippen molar-refractivity contribution in [2.45, 2.75) is 18.9 Å². The van der Waals surface area contributed by atoms with E-state index in [0.717, 1.165) is 21.2 Å².